The standard InChI is InChI=1S/C24H34O3/c1-23-11-9-17(25)13-16(23)4-5-18-20-7-6-19(15-3-8-22(26)27-14-15)24(20,2)12-10-21(18)23/h3,8,14,16-21,25H,4-7,9-13H2,1-2H3/t16-,17+,18?,19-,20-,21?,23+,24-/m1/s1. The zero-order valence-electron chi connectivity index (χ0n) is 16.8. The van der Waals surface area contributed by atoms with Crippen LogP contribution < -0.4 is 5.63 Å². The van der Waals surface area contributed by atoms with Crippen molar-refractivity contribution in [1.82, 2.24) is 0 Å². The normalized spacial score (nSPS) is 49.1. The SMILES string of the molecule is C[C@]12CCC3C(CC[C@@H]4C[C@@H](O)CC[C@]34C)[C@H]1CC[C@@H]2c1ccc(=O)oc1. The Morgan fingerprint density at radius 2 is 1.74 bits per heavy atom. The summed E-state index contributed by atoms with van der Waals surface area (Å²) < 4.78 is 5.22. The Morgan fingerprint density at radius 1 is 0.963 bits per heavy atom. The fourth-order valence-electron chi connectivity index (χ4n) is 8.35. The van der Waals surface area contributed by atoms with Gasteiger partial charge in [0.05, 0.1) is 12.4 Å². The molecule has 0 radical (unpaired) electrons. The van der Waals surface area contributed by atoms with E-state index in [1.807, 2.05) is 6.07 Å². The predicted molar refractivity (Wildman–Crippen MR) is 105 cm³/mol. The number of aliphatic hydroxyl groups is 1. The van der Waals surface area contributed by atoms with Crippen LogP contribution in [0.2, 0.25) is 0 Å². The lowest BCUT2D eigenvalue weighted by Crippen LogP contribution is -2.53. The van der Waals surface area contributed by atoms with Crippen LogP contribution in [0.3, 0.4) is 0 Å². The summed E-state index contributed by atoms with van der Waals surface area (Å²) in [6.07, 6.45) is 12.8. The molecule has 1 N–H and O–H groups in total. The first-order valence-corrected chi connectivity index (χ1v) is 11.2. The van der Waals surface area contributed by atoms with Gasteiger partial charge in [0.25, 0.3) is 0 Å². The maximum absolute atomic E-state index is 11.4. The Labute approximate surface area is 162 Å². The molecule has 0 aliphatic heterocycles. The lowest BCUT2D eigenvalue weighted by atomic mass is 9.44. The van der Waals surface area contributed by atoms with Gasteiger partial charge in [-0.2, -0.15) is 0 Å². The number of hydrogen-bond acceptors (Lipinski definition) is 3. The molecule has 4 saturated carbocycles. The van der Waals surface area contributed by atoms with Crippen LogP contribution in [-0.4, -0.2) is 11.2 Å². The number of fused-ring (bicyclic) bond motifs is 5. The second-order valence-corrected chi connectivity index (χ2v) is 10.6. The van der Waals surface area contributed by atoms with E-state index >= 15 is 0 Å². The van der Waals surface area contributed by atoms with Crippen LogP contribution in [-0.2, 0) is 0 Å². The van der Waals surface area contributed by atoms with Gasteiger partial charge in [0.1, 0.15) is 0 Å². The molecule has 0 amide bonds. The molecule has 0 bridgehead atoms. The van der Waals surface area contributed by atoms with E-state index in [0.29, 0.717) is 16.7 Å². The third kappa shape index (κ3) is 2.60. The minimum Gasteiger partial charge on any atom is -0.431 e. The van der Waals surface area contributed by atoms with Gasteiger partial charge in [-0.05, 0) is 110 Å². The Hall–Kier alpha value is -1.09. The van der Waals surface area contributed by atoms with Crippen LogP contribution in [0, 0.1) is 34.5 Å². The van der Waals surface area contributed by atoms with Gasteiger partial charge < -0.3 is 9.52 Å². The fourth-order valence-corrected chi connectivity index (χ4v) is 8.35. The summed E-state index contributed by atoms with van der Waals surface area (Å²) in [6, 6.07) is 3.61. The van der Waals surface area contributed by atoms with E-state index in [1.54, 1.807) is 12.3 Å². The molecule has 3 heteroatoms. The molecule has 0 aromatic carbocycles. The van der Waals surface area contributed by atoms with Crippen LogP contribution in [0.25, 0.3) is 0 Å². The summed E-state index contributed by atoms with van der Waals surface area (Å²) >= 11 is 0. The van der Waals surface area contributed by atoms with E-state index in [1.165, 1.54) is 50.5 Å². The van der Waals surface area contributed by atoms with E-state index in [0.717, 1.165) is 36.5 Å². The molecule has 0 saturated heterocycles. The highest BCUT2D eigenvalue weighted by atomic mass is 16.4. The molecular formula is C24H34O3. The molecule has 27 heavy (non-hydrogen) atoms. The van der Waals surface area contributed by atoms with Crippen LogP contribution in [0.4, 0.5) is 0 Å². The maximum atomic E-state index is 11.4. The monoisotopic (exact) mass is 370 g/mol. The van der Waals surface area contributed by atoms with E-state index in [9.17, 15) is 9.90 Å². The first-order valence-electron chi connectivity index (χ1n) is 11.2. The molecule has 2 unspecified atom stereocenters. The van der Waals surface area contributed by atoms with Crippen molar-refractivity contribution < 1.29 is 9.52 Å². The van der Waals surface area contributed by atoms with E-state index in [4.69, 9.17) is 4.42 Å². The van der Waals surface area contributed by atoms with Crippen LogP contribution >= 0.6 is 0 Å². The number of rotatable bonds is 1. The zero-order chi connectivity index (χ0) is 18.8. The van der Waals surface area contributed by atoms with Crippen molar-refractivity contribution in [2.45, 2.75) is 83.7 Å². The smallest absolute Gasteiger partial charge is 0.335 e. The Morgan fingerprint density at radius 3 is 2.52 bits per heavy atom. The summed E-state index contributed by atoms with van der Waals surface area (Å²) in [5, 5.41) is 10.2. The summed E-state index contributed by atoms with van der Waals surface area (Å²) in [4.78, 5) is 11.4. The molecule has 0 spiro atoms. The highest BCUT2D eigenvalue weighted by molar-refractivity contribution is 5.22. The molecule has 3 nitrogen and oxygen atoms in total. The molecule has 4 aliphatic rings. The summed E-state index contributed by atoms with van der Waals surface area (Å²) in [5.41, 5.74) is 1.78. The second kappa shape index (κ2) is 6.20. The quantitative estimate of drug-likeness (QED) is 0.746. The molecular weight excluding hydrogens is 336 g/mol. The average Bonchev–Trinajstić information content (AvgIpc) is 3.00. The van der Waals surface area contributed by atoms with Gasteiger partial charge in [0.2, 0.25) is 0 Å². The van der Waals surface area contributed by atoms with Crippen molar-refractivity contribution in [1.29, 1.82) is 0 Å². The van der Waals surface area contributed by atoms with Gasteiger partial charge in [-0.3, -0.25) is 0 Å². The van der Waals surface area contributed by atoms with Crippen LogP contribution in [0.15, 0.2) is 27.6 Å². The molecule has 8 atom stereocenters. The molecule has 4 aliphatic carbocycles. The third-order valence-electron chi connectivity index (χ3n) is 9.76. The minimum atomic E-state index is -0.243. The molecule has 1 aromatic rings. The third-order valence-corrected chi connectivity index (χ3v) is 9.76. The predicted octanol–water partition coefficient (Wildman–Crippen LogP) is 5.13. The van der Waals surface area contributed by atoms with Gasteiger partial charge in [0, 0.05) is 6.07 Å². The zero-order valence-corrected chi connectivity index (χ0v) is 16.8. The topological polar surface area (TPSA) is 50.4 Å². The Kier molecular flexibility index (Phi) is 4.13. The van der Waals surface area contributed by atoms with Crippen molar-refractivity contribution >= 4 is 0 Å². The Balaban J connectivity index is 1.43. The van der Waals surface area contributed by atoms with Gasteiger partial charge in [-0.25, -0.2) is 4.79 Å². The minimum absolute atomic E-state index is 0.0583. The van der Waals surface area contributed by atoms with Crippen LogP contribution in [0.5, 0.6) is 0 Å². The van der Waals surface area contributed by atoms with Gasteiger partial charge in [-0.1, -0.05) is 13.8 Å². The molecule has 4 fully saturated rings. The second-order valence-electron chi connectivity index (χ2n) is 10.6. The highest BCUT2D eigenvalue weighted by Crippen LogP contribution is 2.68. The van der Waals surface area contributed by atoms with Crippen molar-refractivity contribution in [3.63, 3.8) is 0 Å². The van der Waals surface area contributed by atoms with E-state index in [2.05, 4.69) is 13.8 Å². The molecule has 5 rings (SSSR count). The van der Waals surface area contributed by atoms with Gasteiger partial charge in [0.15, 0.2) is 0 Å². The molecule has 1 aromatic heterocycles. The summed E-state index contributed by atoms with van der Waals surface area (Å²) in [7, 11) is 0. The van der Waals surface area contributed by atoms with Gasteiger partial charge in [-0.15, -0.1) is 0 Å². The van der Waals surface area contributed by atoms with Crippen molar-refractivity contribution in [3.05, 3.63) is 34.4 Å². The first-order chi connectivity index (χ1) is 12.9. The highest BCUT2D eigenvalue weighted by Gasteiger charge is 2.60. The average molecular weight is 371 g/mol. The van der Waals surface area contributed by atoms with Crippen molar-refractivity contribution in [2.75, 3.05) is 0 Å². The van der Waals surface area contributed by atoms with Gasteiger partial charge >= 0.3 is 5.63 Å². The molecule has 148 valence electrons. The van der Waals surface area contributed by atoms with E-state index in [-0.39, 0.29) is 11.7 Å². The van der Waals surface area contributed by atoms with Crippen molar-refractivity contribution in [3.8, 4) is 0 Å². The maximum Gasteiger partial charge on any atom is 0.335 e. The van der Waals surface area contributed by atoms with Crippen LogP contribution in [0.1, 0.15) is 83.1 Å². The van der Waals surface area contributed by atoms with Crippen molar-refractivity contribution in [2.24, 2.45) is 34.5 Å². The molecule has 1 heterocycles. The summed E-state index contributed by atoms with van der Waals surface area (Å²) in [5.74, 6) is 3.76. The number of aliphatic hydroxyl groups excluding tert-OH is 1. The number of hydrogen-bond donors (Lipinski definition) is 1. The lowest BCUT2D eigenvalue weighted by molar-refractivity contribution is -0.122. The largest absolute Gasteiger partial charge is 0.431 e. The summed E-state index contributed by atoms with van der Waals surface area (Å²) in [6.45, 7) is 5.08. The Bertz CT molecular complexity index is 749. The fraction of sp³-hybridized carbons (Fsp3) is 0.792. The first kappa shape index (κ1) is 18.0. The lowest BCUT2D eigenvalue weighted by Gasteiger charge is -2.61. The van der Waals surface area contributed by atoms with E-state index < -0.39 is 0 Å².